The summed E-state index contributed by atoms with van der Waals surface area (Å²) in [6, 6.07) is 0.00453. The topological polar surface area (TPSA) is 87.2 Å². The molecular weight excluding hydrogens is 498 g/mol. The number of nitrogens with zero attached hydrogens (tertiary/aromatic N) is 1. The molecule has 0 aliphatic heterocycles. The number of rotatable bonds is 10. The van der Waals surface area contributed by atoms with Crippen LogP contribution in [0.4, 0.5) is 0 Å². The summed E-state index contributed by atoms with van der Waals surface area (Å²) in [6.07, 6.45) is 17.0. The van der Waals surface area contributed by atoms with E-state index >= 15 is 0 Å². The molecule has 1 heterocycles. The summed E-state index contributed by atoms with van der Waals surface area (Å²) in [5, 5.41) is 16.6. The highest BCUT2D eigenvalue weighted by Crippen LogP contribution is 2.69. The van der Waals surface area contributed by atoms with Crippen molar-refractivity contribution in [3.05, 3.63) is 18.2 Å². The fourth-order valence-electron chi connectivity index (χ4n) is 10.7. The zero-order valence-electron chi connectivity index (χ0n) is 26.2. The summed E-state index contributed by atoms with van der Waals surface area (Å²) in [6.45, 7) is 14.6. The first kappa shape index (κ1) is 30.1. The first-order chi connectivity index (χ1) is 19.0. The Labute approximate surface area is 243 Å². The Morgan fingerprint density at radius 1 is 1.15 bits per heavy atom. The smallest absolute Gasteiger partial charge is 0.302 e. The van der Waals surface area contributed by atoms with E-state index in [2.05, 4.69) is 49.9 Å². The summed E-state index contributed by atoms with van der Waals surface area (Å²) < 4.78 is 5.73. The summed E-state index contributed by atoms with van der Waals surface area (Å²) in [5.41, 5.74) is 0.490. The van der Waals surface area contributed by atoms with E-state index in [-0.39, 0.29) is 23.5 Å². The van der Waals surface area contributed by atoms with E-state index in [1.54, 1.807) is 6.33 Å². The predicted molar refractivity (Wildman–Crippen MR) is 160 cm³/mol. The lowest BCUT2D eigenvalue weighted by Crippen LogP contribution is -2.71. The van der Waals surface area contributed by atoms with Gasteiger partial charge in [-0.3, -0.25) is 4.79 Å². The number of H-pyrrole nitrogens is 1. The molecule has 0 radical (unpaired) electrons. The van der Waals surface area contributed by atoms with Crippen molar-refractivity contribution in [2.45, 2.75) is 136 Å². The van der Waals surface area contributed by atoms with Crippen molar-refractivity contribution >= 4 is 5.97 Å². The van der Waals surface area contributed by atoms with Crippen molar-refractivity contribution in [1.29, 1.82) is 0 Å². The predicted octanol–water partition coefficient (Wildman–Crippen LogP) is 6.69. The maximum atomic E-state index is 12.7. The number of aliphatic hydroxyl groups is 1. The minimum absolute atomic E-state index is 0.00453. The van der Waals surface area contributed by atoms with Crippen LogP contribution in [-0.4, -0.2) is 45.3 Å². The second-order valence-corrected chi connectivity index (χ2v) is 15.3. The van der Waals surface area contributed by atoms with Gasteiger partial charge in [0.25, 0.3) is 0 Å². The Hall–Kier alpha value is -1.40. The molecule has 0 bridgehead atoms. The van der Waals surface area contributed by atoms with Gasteiger partial charge in [0.1, 0.15) is 6.10 Å². The van der Waals surface area contributed by atoms with Gasteiger partial charge in [-0.25, -0.2) is 4.98 Å². The van der Waals surface area contributed by atoms with Crippen LogP contribution in [0.5, 0.6) is 0 Å². The Bertz CT molecular complexity index is 997. The summed E-state index contributed by atoms with van der Waals surface area (Å²) in [4.78, 5) is 19.3. The Balaban J connectivity index is 1.37. The molecule has 1 aromatic heterocycles. The zero-order valence-corrected chi connectivity index (χ0v) is 26.2. The van der Waals surface area contributed by atoms with Crippen molar-refractivity contribution in [3.63, 3.8) is 0 Å². The number of esters is 1. The molecule has 0 amide bonds. The van der Waals surface area contributed by atoms with E-state index in [1.165, 1.54) is 51.9 Å². The molecule has 0 saturated heterocycles. The fourth-order valence-corrected chi connectivity index (χ4v) is 10.7. The third-order valence-corrected chi connectivity index (χ3v) is 12.7. The maximum Gasteiger partial charge on any atom is 0.302 e. The first-order valence-electron chi connectivity index (χ1n) is 16.6. The van der Waals surface area contributed by atoms with Crippen LogP contribution in [-0.2, 0) is 16.0 Å². The molecule has 6 nitrogen and oxygen atoms in total. The maximum absolute atomic E-state index is 12.7. The summed E-state index contributed by atoms with van der Waals surface area (Å²) in [5.74, 6) is 4.11. The Morgan fingerprint density at radius 2 is 1.95 bits per heavy atom. The van der Waals surface area contributed by atoms with Crippen LogP contribution >= 0.6 is 0 Å². The quantitative estimate of drug-likeness (QED) is 0.280. The standard InChI is InChI=1S/C34H57N3O3/c1-22(2)8-7-9-23(3)28-10-11-29-27-18-31(36-17-14-25-20-35-21-37-25)34(39)19-26(40-24(4)38)12-16-33(34,6)30(27)13-15-32(28,29)5/h20-23,26-31,36,39H,7-19H2,1-6H3,(H,35,37)/t23-,26+,27?,28-,29?,30?,31-,32-,33-,34+/m1/s1. The number of aromatic nitrogens is 2. The van der Waals surface area contributed by atoms with E-state index in [0.29, 0.717) is 23.7 Å². The largest absolute Gasteiger partial charge is 0.462 e. The van der Waals surface area contributed by atoms with Gasteiger partial charge in [-0.2, -0.15) is 0 Å². The van der Waals surface area contributed by atoms with Crippen LogP contribution in [0.2, 0.25) is 0 Å². The molecule has 3 unspecified atom stereocenters. The van der Waals surface area contributed by atoms with Gasteiger partial charge >= 0.3 is 5.97 Å². The number of imidazole rings is 1. The van der Waals surface area contributed by atoms with Crippen LogP contribution in [0.15, 0.2) is 12.5 Å². The van der Waals surface area contributed by atoms with Crippen LogP contribution in [0.3, 0.4) is 0 Å². The first-order valence-corrected chi connectivity index (χ1v) is 16.6. The van der Waals surface area contributed by atoms with Gasteiger partial charge in [-0.15, -0.1) is 0 Å². The van der Waals surface area contributed by atoms with Crippen molar-refractivity contribution < 1.29 is 14.6 Å². The minimum atomic E-state index is -0.879. The molecule has 4 aliphatic carbocycles. The number of aromatic amines is 1. The normalized spacial score (nSPS) is 41.7. The van der Waals surface area contributed by atoms with Gasteiger partial charge in [0, 0.05) is 49.7 Å². The highest BCUT2D eigenvalue weighted by Gasteiger charge is 2.67. The van der Waals surface area contributed by atoms with Crippen molar-refractivity contribution in [1.82, 2.24) is 15.3 Å². The Kier molecular flexibility index (Phi) is 8.80. The van der Waals surface area contributed by atoms with Crippen LogP contribution < -0.4 is 5.32 Å². The van der Waals surface area contributed by atoms with E-state index in [1.807, 2.05) is 6.20 Å². The number of ether oxygens (including phenoxy) is 1. The molecule has 1 aromatic rings. The molecule has 10 atom stereocenters. The third kappa shape index (κ3) is 5.41. The average Bonchev–Trinajstić information content (AvgIpc) is 3.52. The monoisotopic (exact) mass is 555 g/mol. The molecule has 4 aliphatic rings. The second kappa shape index (κ2) is 11.7. The Morgan fingerprint density at radius 3 is 2.65 bits per heavy atom. The zero-order chi connectivity index (χ0) is 28.7. The van der Waals surface area contributed by atoms with Crippen molar-refractivity contribution in [3.8, 4) is 0 Å². The van der Waals surface area contributed by atoms with Crippen molar-refractivity contribution in [2.24, 2.45) is 46.3 Å². The SMILES string of the molecule is CC(=O)O[C@H]1CC[C@]2(C)C3CC[C@@]4(C)C(CC[C@@H]4[C@H](C)CCCC(C)C)C3C[C@@H](NCCc3cnc[nH]3)[C@@]2(O)C1. The molecule has 40 heavy (non-hydrogen) atoms. The van der Waals surface area contributed by atoms with Crippen LogP contribution in [0, 0.1) is 46.3 Å². The molecule has 226 valence electrons. The molecule has 3 N–H and O–H groups in total. The minimum Gasteiger partial charge on any atom is -0.462 e. The average molecular weight is 556 g/mol. The highest BCUT2D eigenvalue weighted by molar-refractivity contribution is 5.66. The van der Waals surface area contributed by atoms with Gasteiger partial charge < -0.3 is 20.1 Å². The molecular formula is C34H57N3O3. The van der Waals surface area contributed by atoms with Gasteiger partial charge in [0.2, 0.25) is 0 Å². The van der Waals surface area contributed by atoms with E-state index < -0.39 is 5.60 Å². The number of carbonyl (C=O) groups excluding carboxylic acids is 1. The number of hydrogen-bond donors (Lipinski definition) is 3. The number of nitrogens with one attached hydrogen (secondary N) is 2. The second-order valence-electron chi connectivity index (χ2n) is 15.3. The number of hydrogen-bond acceptors (Lipinski definition) is 5. The van der Waals surface area contributed by atoms with Crippen LogP contribution in [0.25, 0.3) is 0 Å². The third-order valence-electron chi connectivity index (χ3n) is 12.7. The molecule has 6 heteroatoms. The van der Waals surface area contributed by atoms with Crippen molar-refractivity contribution in [2.75, 3.05) is 6.54 Å². The molecule has 0 spiro atoms. The lowest BCUT2D eigenvalue weighted by molar-refractivity contribution is -0.237. The number of carbonyl (C=O) groups is 1. The summed E-state index contributed by atoms with van der Waals surface area (Å²) in [7, 11) is 0. The van der Waals surface area contributed by atoms with E-state index in [9.17, 15) is 9.90 Å². The van der Waals surface area contributed by atoms with Gasteiger partial charge in [-0.05, 0) is 85.9 Å². The van der Waals surface area contributed by atoms with Crippen LogP contribution in [0.1, 0.15) is 118 Å². The highest BCUT2D eigenvalue weighted by atomic mass is 16.5. The summed E-state index contributed by atoms with van der Waals surface area (Å²) >= 11 is 0. The molecule has 5 rings (SSSR count). The molecule has 0 aromatic carbocycles. The molecule has 4 saturated carbocycles. The lowest BCUT2D eigenvalue weighted by atomic mass is 9.42. The van der Waals surface area contributed by atoms with E-state index in [4.69, 9.17) is 4.74 Å². The van der Waals surface area contributed by atoms with Gasteiger partial charge in [-0.1, -0.05) is 53.9 Å². The van der Waals surface area contributed by atoms with Gasteiger partial charge in [0.15, 0.2) is 0 Å². The number of fused-ring (bicyclic) bond motifs is 5. The lowest BCUT2D eigenvalue weighted by Gasteiger charge is -2.66. The van der Waals surface area contributed by atoms with E-state index in [0.717, 1.165) is 61.6 Å². The van der Waals surface area contributed by atoms with Gasteiger partial charge in [0.05, 0.1) is 11.9 Å². The fraction of sp³-hybridized carbons (Fsp3) is 0.882. The molecule has 4 fully saturated rings.